The van der Waals surface area contributed by atoms with Crippen LogP contribution >= 0.6 is 11.3 Å². The van der Waals surface area contributed by atoms with Gasteiger partial charge in [0.05, 0.1) is 10.7 Å². The number of rotatable bonds is 3. The Labute approximate surface area is 147 Å². The number of nitriles is 1. The maximum absolute atomic E-state index is 8.79. The Hall–Kier alpha value is -2.00. The number of aromatic nitrogens is 3. The maximum Gasteiger partial charge on any atom is 0.163 e. The minimum Gasteiger partial charge on any atom is -0.355 e. The van der Waals surface area contributed by atoms with Crippen LogP contribution in [0.15, 0.2) is 17.5 Å². The zero-order valence-electron chi connectivity index (χ0n) is 14.5. The molecule has 126 valence electrons. The fourth-order valence-electron chi connectivity index (χ4n) is 2.92. The number of hydrogen-bond donors (Lipinski definition) is 0. The molecule has 0 amide bonds. The average Bonchev–Trinajstić information content (AvgIpc) is 3.05. The van der Waals surface area contributed by atoms with Crippen molar-refractivity contribution < 1.29 is 0 Å². The minimum absolute atomic E-state index is 0.131. The summed E-state index contributed by atoms with van der Waals surface area (Å²) in [4.78, 5) is 7.08. The second-order valence-electron chi connectivity index (χ2n) is 7.40. The highest BCUT2D eigenvalue weighted by Gasteiger charge is 2.23. The Morgan fingerprint density at radius 2 is 2.00 bits per heavy atom. The summed E-state index contributed by atoms with van der Waals surface area (Å²) in [5.74, 6) is 1.56. The van der Waals surface area contributed by atoms with Crippen LogP contribution in [0.5, 0.6) is 0 Å². The topological polar surface area (TPSA) is 65.7 Å². The summed E-state index contributed by atoms with van der Waals surface area (Å²) in [6.45, 7) is 8.61. The van der Waals surface area contributed by atoms with E-state index >= 15 is 0 Å². The van der Waals surface area contributed by atoms with Crippen molar-refractivity contribution in [2.24, 2.45) is 5.92 Å². The molecule has 0 atom stereocenters. The van der Waals surface area contributed by atoms with Gasteiger partial charge in [0.15, 0.2) is 11.5 Å². The van der Waals surface area contributed by atoms with Crippen molar-refractivity contribution in [1.82, 2.24) is 15.2 Å². The van der Waals surface area contributed by atoms with Gasteiger partial charge in [-0.05, 0) is 30.9 Å². The van der Waals surface area contributed by atoms with E-state index in [0.717, 1.165) is 38.2 Å². The molecule has 0 spiro atoms. The van der Waals surface area contributed by atoms with Crippen LogP contribution in [0.1, 0.15) is 50.0 Å². The number of nitrogens with zero attached hydrogens (tertiary/aromatic N) is 5. The third-order valence-electron chi connectivity index (χ3n) is 4.49. The van der Waals surface area contributed by atoms with E-state index in [1.807, 2.05) is 12.1 Å². The van der Waals surface area contributed by atoms with Gasteiger partial charge >= 0.3 is 0 Å². The van der Waals surface area contributed by atoms with E-state index in [0.29, 0.717) is 11.6 Å². The molecule has 24 heavy (non-hydrogen) atoms. The molecule has 0 radical (unpaired) electrons. The molecule has 0 aliphatic carbocycles. The summed E-state index contributed by atoms with van der Waals surface area (Å²) in [7, 11) is 0. The van der Waals surface area contributed by atoms with Crippen molar-refractivity contribution in [3.8, 4) is 6.07 Å². The zero-order valence-corrected chi connectivity index (χ0v) is 15.3. The summed E-state index contributed by atoms with van der Waals surface area (Å²) in [6, 6.07) is 5.63. The van der Waals surface area contributed by atoms with Gasteiger partial charge in [-0.15, -0.1) is 21.5 Å². The summed E-state index contributed by atoms with van der Waals surface area (Å²) in [5.41, 5.74) is 1.70. The molecule has 1 saturated heterocycles. The van der Waals surface area contributed by atoms with Crippen LogP contribution in [0, 0.1) is 17.2 Å². The summed E-state index contributed by atoms with van der Waals surface area (Å²) in [6.07, 6.45) is 3.37. The first kappa shape index (κ1) is 16.8. The van der Waals surface area contributed by atoms with Gasteiger partial charge < -0.3 is 4.90 Å². The van der Waals surface area contributed by atoms with Crippen LogP contribution in [0.4, 0.5) is 5.82 Å². The molecule has 3 rings (SSSR count). The Kier molecular flexibility index (Phi) is 4.81. The van der Waals surface area contributed by atoms with Crippen molar-refractivity contribution in [3.05, 3.63) is 33.9 Å². The second kappa shape index (κ2) is 6.86. The van der Waals surface area contributed by atoms with Gasteiger partial charge in [0, 0.05) is 30.3 Å². The van der Waals surface area contributed by atoms with Crippen LogP contribution in [0.25, 0.3) is 0 Å². The Morgan fingerprint density at radius 1 is 1.25 bits per heavy atom. The summed E-state index contributed by atoms with van der Waals surface area (Å²) < 4.78 is 0. The number of hydrogen-bond acceptors (Lipinski definition) is 6. The van der Waals surface area contributed by atoms with Crippen molar-refractivity contribution in [1.29, 1.82) is 5.26 Å². The number of piperidine rings is 1. The zero-order chi connectivity index (χ0) is 17.2. The average molecular weight is 341 g/mol. The largest absolute Gasteiger partial charge is 0.355 e. The van der Waals surface area contributed by atoms with Gasteiger partial charge in [-0.1, -0.05) is 20.8 Å². The highest BCUT2D eigenvalue weighted by atomic mass is 32.1. The van der Waals surface area contributed by atoms with E-state index in [1.165, 1.54) is 10.7 Å². The molecule has 0 aromatic carbocycles. The van der Waals surface area contributed by atoms with Crippen molar-refractivity contribution in [3.63, 3.8) is 0 Å². The fraction of sp³-hybridized carbons (Fsp3) is 0.556. The van der Waals surface area contributed by atoms with Crippen LogP contribution < -0.4 is 4.90 Å². The van der Waals surface area contributed by atoms with E-state index < -0.39 is 0 Å². The van der Waals surface area contributed by atoms with Gasteiger partial charge in [0.2, 0.25) is 0 Å². The van der Waals surface area contributed by atoms with Gasteiger partial charge in [0.25, 0.3) is 0 Å². The van der Waals surface area contributed by atoms with Crippen molar-refractivity contribution >= 4 is 17.2 Å². The summed E-state index contributed by atoms with van der Waals surface area (Å²) >= 11 is 1.79. The molecule has 1 aliphatic rings. The number of anilines is 1. The lowest BCUT2D eigenvalue weighted by Crippen LogP contribution is -2.35. The van der Waals surface area contributed by atoms with Crippen LogP contribution in [0.3, 0.4) is 0 Å². The molecule has 6 heteroatoms. The van der Waals surface area contributed by atoms with Gasteiger partial charge in [-0.25, -0.2) is 4.98 Å². The molecule has 2 aromatic heterocycles. The molecule has 0 saturated carbocycles. The van der Waals surface area contributed by atoms with Crippen LogP contribution in [0.2, 0.25) is 0 Å². The van der Waals surface area contributed by atoms with Crippen molar-refractivity contribution in [2.75, 3.05) is 18.0 Å². The SMILES string of the molecule is CC(C)(C)c1csc(CC2CCN(c3ccc(C#N)nn3)CC2)n1. The third kappa shape index (κ3) is 3.90. The molecule has 0 N–H and O–H groups in total. The normalized spacial score (nSPS) is 16.2. The lowest BCUT2D eigenvalue weighted by atomic mass is 9.92. The molecular formula is C18H23N5S. The molecular weight excluding hydrogens is 318 g/mol. The molecule has 5 nitrogen and oxygen atoms in total. The Balaban J connectivity index is 1.55. The first-order chi connectivity index (χ1) is 11.5. The molecule has 0 unspecified atom stereocenters. The number of thiazole rings is 1. The van der Waals surface area contributed by atoms with Gasteiger partial charge in [-0.2, -0.15) is 5.26 Å². The van der Waals surface area contributed by atoms with Gasteiger partial charge in [0.1, 0.15) is 6.07 Å². The van der Waals surface area contributed by atoms with E-state index in [4.69, 9.17) is 10.2 Å². The molecule has 1 aliphatic heterocycles. The molecule has 2 aromatic rings. The maximum atomic E-state index is 8.79. The predicted molar refractivity (Wildman–Crippen MR) is 96.2 cm³/mol. The lowest BCUT2D eigenvalue weighted by molar-refractivity contribution is 0.400. The predicted octanol–water partition coefficient (Wildman–Crippen LogP) is 3.56. The van der Waals surface area contributed by atoms with Crippen LogP contribution in [-0.4, -0.2) is 28.3 Å². The quantitative estimate of drug-likeness (QED) is 0.854. The first-order valence-electron chi connectivity index (χ1n) is 8.39. The van der Waals surface area contributed by atoms with E-state index in [-0.39, 0.29) is 5.41 Å². The van der Waals surface area contributed by atoms with E-state index in [1.54, 1.807) is 17.4 Å². The second-order valence-corrected chi connectivity index (χ2v) is 8.34. The Morgan fingerprint density at radius 3 is 2.54 bits per heavy atom. The molecule has 0 bridgehead atoms. The smallest absolute Gasteiger partial charge is 0.163 e. The third-order valence-corrected chi connectivity index (χ3v) is 5.36. The van der Waals surface area contributed by atoms with Crippen LogP contribution in [-0.2, 0) is 11.8 Å². The summed E-state index contributed by atoms with van der Waals surface area (Å²) in [5, 5.41) is 20.3. The van der Waals surface area contributed by atoms with Gasteiger partial charge in [-0.3, -0.25) is 0 Å². The van der Waals surface area contributed by atoms with Crippen molar-refractivity contribution in [2.45, 2.75) is 45.4 Å². The lowest BCUT2D eigenvalue weighted by Gasteiger charge is -2.32. The first-order valence-corrected chi connectivity index (χ1v) is 9.27. The highest BCUT2D eigenvalue weighted by Crippen LogP contribution is 2.28. The Bertz CT molecular complexity index is 715. The van der Waals surface area contributed by atoms with E-state index in [9.17, 15) is 0 Å². The van der Waals surface area contributed by atoms with E-state index in [2.05, 4.69) is 41.2 Å². The molecule has 3 heterocycles. The monoisotopic (exact) mass is 341 g/mol. The molecule has 1 fully saturated rings. The fourth-order valence-corrected chi connectivity index (χ4v) is 4.05. The standard InChI is InChI=1S/C18H23N5S/c1-18(2,3)15-12-24-17(20-15)10-13-6-8-23(9-7-13)16-5-4-14(11-19)21-22-16/h4-5,12-13H,6-10H2,1-3H3. The minimum atomic E-state index is 0.131. The highest BCUT2D eigenvalue weighted by molar-refractivity contribution is 7.09.